The van der Waals surface area contributed by atoms with Gasteiger partial charge in [-0.3, -0.25) is 4.79 Å². The van der Waals surface area contributed by atoms with Crippen LogP contribution in [0.25, 0.3) is 0 Å². The van der Waals surface area contributed by atoms with Crippen molar-refractivity contribution in [1.82, 2.24) is 10.3 Å². The summed E-state index contributed by atoms with van der Waals surface area (Å²) in [6.45, 7) is 2.50. The molecule has 2 atom stereocenters. The fraction of sp³-hybridized carbons (Fsp3) is 0.667. The van der Waals surface area contributed by atoms with E-state index in [9.17, 15) is 4.79 Å². The summed E-state index contributed by atoms with van der Waals surface area (Å²) >= 11 is 1.58. The van der Waals surface area contributed by atoms with Crippen molar-refractivity contribution in [3.05, 3.63) is 16.1 Å². The lowest BCUT2D eigenvalue weighted by Gasteiger charge is -2.14. The van der Waals surface area contributed by atoms with Crippen LogP contribution in [0.15, 0.2) is 5.38 Å². The van der Waals surface area contributed by atoms with E-state index in [1.807, 2.05) is 12.3 Å². The number of nitrogens with one attached hydrogen (secondary N) is 1. The Morgan fingerprint density at radius 3 is 3.06 bits per heavy atom. The van der Waals surface area contributed by atoms with Crippen molar-refractivity contribution in [2.24, 2.45) is 11.7 Å². The molecule has 17 heavy (non-hydrogen) atoms. The number of hydrogen-bond donors (Lipinski definition) is 2. The molecule has 0 unspecified atom stereocenters. The van der Waals surface area contributed by atoms with Crippen molar-refractivity contribution in [3.8, 4) is 0 Å². The Bertz CT molecular complexity index is 391. The first kappa shape index (κ1) is 12.5. The lowest BCUT2D eigenvalue weighted by Crippen LogP contribution is -2.31. The predicted octanol–water partition coefficient (Wildman–Crippen LogP) is 1.59. The summed E-state index contributed by atoms with van der Waals surface area (Å²) in [5.74, 6) is 0.466. The minimum atomic E-state index is 0.0974. The molecule has 1 aliphatic rings. The molecule has 4 nitrogen and oxygen atoms in total. The molecule has 0 bridgehead atoms. The van der Waals surface area contributed by atoms with Gasteiger partial charge in [-0.15, -0.1) is 11.3 Å². The number of nitrogens with zero attached hydrogens (tertiary/aromatic N) is 1. The molecule has 2 rings (SSSR count). The van der Waals surface area contributed by atoms with Crippen LogP contribution in [-0.2, 0) is 11.3 Å². The van der Waals surface area contributed by atoms with E-state index in [0.29, 0.717) is 18.9 Å². The smallest absolute Gasteiger partial charge is 0.220 e. The first-order chi connectivity index (χ1) is 8.15. The maximum Gasteiger partial charge on any atom is 0.220 e. The number of aryl methyl sites for hydroxylation is 1. The van der Waals surface area contributed by atoms with E-state index in [-0.39, 0.29) is 11.9 Å². The van der Waals surface area contributed by atoms with E-state index in [4.69, 9.17) is 5.73 Å². The third kappa shape index (κ3) is 3.51. The molecule has 0 aromatic carbocycles. The summed E-state index contributed by atoms with van der Waals surface area (Å²) in [7, 11) is 0. The zero-order valence-corrected chi connectivity index (χ0v) is 10.9. The molecule has 5 heteroatoms. The number of carbonyl (C=O) groups is 1. The molecule has 1 aliphatic carbocycles. The highest BCUT2D eigenvalue weighted by atomic mass is 32.1. The molecule has 0 radical (unpaired) electrons. The van der Waals surface area contributed by atoms with Crippen molar-refractivity contribution in [2.45, 2.75) is 45.2 Å². The number of amides is 1. The van der Waals surface area contributed by atoms with Crippen molar-refractivity contribution >= 4 is 17.2 Å². The number of nitrogens with two attached hydrogens (primary N) is 1. The van der Waals surface area contributed by atoms with Crippen molar-refractivity contribution < 1.29 is 4.79 Å². The largest absolute Gasteiger partial charge is 0.350 e. The zero-order chi connectivity index (χ0) is 12.3. The fourth-order valence-corrected chi connectivity index (χ4v) is 3.00. The molecule has 1 saturated carbocycles. The molecule has 3 N–H and O–H groups in total. The second-order valence-corrected chi connectivity index (χ2v) is 5.66. The molecule has 1 heterocycles. The van der Waals surface area contributed by atoms with E-state index in [0.717, 1.165) is 30.0 Å². The van der Waals surface area contributed by atoms with E-state index in [1.165, 1.54) is 0 Å². The van der Waals surface area contributed by atoms with Gasteiger partial charge in [0.2, 0.25) is 5.91 Å². The summed E-state index contributed by atoms with van der Waals surface area (Å²) in [6, 6.07) is 0.211. The molecule has 0 saturated heterocycles. The van der Waals surface area contributed by atoms with Gasteiger partial charge in [-0.25, -0.2) is 4.98 Å². The van der Waals surface area contributed by atoms with Gasteiger partial charge in [0.05, 0.1) is 6.54 Å². The van der Waals surface area contributed by atoms with E-state index >= 15 is 0 Å². The van der Waals surface area contributed by atoms with Gasteiger partial charge in [0.15, 0.2) is 0 Å². The van der Waals surface area contributed by atoms with Crippen LogP contribution in [0, 0.1) is 12.8 Å². The highest BCUT2D eigenvalue weighted by molar-refractivity contribution is 7.09. The molecule has 0 spiro atoms. The van der Waals surface area contributed by atoms with Crippen LogP contribution in [-0.4, -0.2) is 16.9 Å². The summed E-state index contributed by atoms with van der Waals surface area (Å²) in [6.07, 6.45) is 3.87. The number of thiazole rings is 1. The zero-order valence-electron chi connectivity index (χ0n) is 10.1. The SMILES string of the molecule is Cc1csc(CNC(=O)C[C@@H]2CCC[C@H]2N)n1. The minimum Gasteiger partial charge on any atom is -0.350 e. The maximum atomic E-state index is 11.7. The Labute approximate surface area is 106 Å². The monoisotopic (exact) mass is 253 g/mol. The first-order valence-corrected chi connectivity index (χ1v) is 6.96. The average Bonchev–Trinajstić information content (AvgIpc) is 2.86. The Hall–Kier alpha value is -0.940. The maximum absolute atomic E-state index is 11.7. The average molecular weight is 253 g/mol. The second kappa shape index (κ2) is 5.60. The topological polar surface area (TPSA) is 68.0 Å². The summed E-state index contributed by atoms with van der Waals surface area (Å²) in [5, 5.41) is 5.87. The molecule has 0 aliphatic heterocycles. The van der Waals surface area contributed by atoms with Gasteiger partial charge in [0.25, 0.3) is 0 Å². The Kier molecular flexibility index (Phi) is 4.12. The van der Waals surface area contributed by atoms with Crippen LogP contribution in [0.1, 0.15) is 36.4 Å². The van der Waals surface area contributed by atoms with Crippen LogP contribution in [0.3, 0.4) is 0 Å². The quantitative estimate of drug-likeness (QED) is 0.856. The lowest BCUT2D eigenvalue weighted by molar-refractivity contribution is -0.122. The lowest BCUT2D eigenvalue weighted by atomic mass is 10.00. The highest BCUT2D eigenvalue weighted by Crippen LogP contribution is 2.26. The van der Waals surface area contributed by atoms with Crippen molar-refractivity contribution in [1.29, 1.82) is 0 Å². The number of hydrogen-bond acceptors (Lipinski definition) is 4. The van der Waals surface area contributed by atoms with Gasteiger partial charge in [-0.1, -0.05) is 6.42 Å². The summed E-state index contributed by atoms with van der Waals surface area (Å²) in [5.41, 5.74) is 6.96. The normalized spacial score (nSPS) is 23.9. The van der Waals surface area contributed by atoms with Gasteiger partial charge in [0.1, 0.15) is 5.01 Å². The highest BCUT2D eigenvalue weighted by Gasteiger charge is 2.25. The standard InChI is InChI=1S/C12H19N3OS/c1-8-7-17-12(15-8)6-14-11(16)5-9-3-2-4-10(9)13/h7,9-10H,2-6,13H2,1H3,(H,14,16)/t9-,10+/m0/s1. The predicted molar refractivity (Wildman–Crippen MR) is 68.6 cm³/mol. The molecule has 1 aromatic heterocycles. The molecule has 94 valence electrons. The fourth-order valence-electron chi connectivity index (χ4n) is 2.29. The molecule has 1 amide bonds. The third-order valence-electron chi connectivity index (χ3n) is 3.27. The van der Waals surface area contributed by atoms with E-state index < -0.39 is 0 Å². The van der Waals surface area contributed by atoms with Crippen LogP contribution in [0.2, 0.25) is 0 Å². The molecule has 1 aromatic rings. The Balaban J connectivity index is 1.74. The third-order valence-corrected chi connectivity index (χ3v) is 4.24. The van der Waals surface area contributed by atoms with Gasteiger partial charge in [-0.2, -0.15) is 0 Å². The van der Waals surface area contributed by atoms with Gasteiger partial charge in [0, 0.05) is 23.5 Å². The van der Waals surface area contributed by atoms with Crippen LogP contribution in [0.5, 0.6) is 0 Å². The van der Waals surface area contributed by atoms with E-state index in [1.54, 1.807) is 11.3 Å². The number of rotatable bonds is 4. The van der Waals surface area contributed by atoms with Crippen LogP contribution < -0.4 is 11.1 Å². The first-order valence-electron chi connectivity index (χ1n) is 6.08. The van der Waals surface area contributed by atoms with Crippen molar-refractivity contribution in [2.75, 3.05) is 0 Å². The Morgan fingerprint density at radius 1 is 1.65 bits per heavy atom. The van der Waals surface area contributed by atoms with Crippen LogP contribution in [0.4, 0.5) is 0 Å². The minimum absolute atomic E-state index is 0.0974. The molecular weight excluding hydrogens is 234 g/mol. The van der Waals surface area contributed by atoms with Gasteiger partial charge in [-0.05, 0) is 25.7 Å². The number of carbonyl (C=O) groups excluding carboxylic acids is 1. The summed E-state index contributed by atoms with van der Waals surface area (Å²) in [4.78, 5) is 16.0. The van der Waals surface area contributed by atoms with Crippen molar-refractivity contribution in [3.63, 3.8) is 0 Å². The van der Waals surface area contributed by atoms with Gasteiger partial charge < -0.3 is 11.1 Å². The van der Waals surface area contributed by atoms with Gasteiger partial charge >= 0.3 is 0 Å². The second-order valence-electron chi connectivity index (χ2n) is 4.72. The molecule has 1 fully saturated rings. The van der Waals surface area contributed by atoms with E-state index in [2.05, 4.69) is 10.3 Å². The van der Waals surface area contributed by atoms with Crippen LogP contribution >= 0.6 is 11.3 Å². The molecular formula is C12H19N3OS. The summed E-state index contributed by atoms with van der Waals surface area (Å²) < 4.78 is 0. The Morgan fingerprint density at radius 2 is 2.47 bits per heavy atom. The number of aromatic nitrogens is 1.